The van der Waals surface area contributed by atoms with Crippen molar-refractivity contribution in [3.8, 4) is 5.75 Å². The number of rotatable bonds is 6. The zero-order chi connectivity index (χ0) is 22.4. The van der Waals surface area contributed by atoms with Crippen molar-refractivity contribution in [1.82, 2.24) is 4.90 Å². The molecule has 2 heterocycles. The van der Waals surface area contributed by atoms with Crippen molar-refractivity contribution in [3.05, 3.63) is 29.8 Å². The molecule has 2 saturated carbocycles. The molecule has 4 aliphatic rings. The number of hydrogen-bond donors (Lipinski definition) is 0. The lowest BCUT2D eigenvalue weighted by Crippen LogP contribution is -2.69. The molecule has 0 aromatic heterocycles. The van der Waals surface area contributed by atoms with E-state index in [4.69, 9.17) is 18.9 Å². The minimum Gasteiger partial charge on any atom is -0.497 e. The molecule has 32 heavy (non-hydrogen) atoms. The van der Waals surface area contributed by atoms with E-state index in [9.17, 15) is 9.59 Å². The van der Waals surface area contributed by atoms with Gasteiger partial charge in [0.15, 0.2) is 11.2 Å². The van der Waals surface area contributed by atoms with E-state index in [1.807, 2.05) is 29.2 Å². The average molecular weight is 444 g/mol. The number of ether oxygens (including phenoxy) is 4. The molecule has 1 aromatic rings. The van der Waals surface area contributed by atoms with Crippen molar-refractivity contribution in [2.24, 2.45) is 11.3 Å². The molecule has 0 bridgehead atoms. The third kappa shape index (κ3) is 3.24. The second-order valence-electron chi connectivity index (χ2n) is 9.67. The summed E-state index contributed by atoms with van der Waals surface area (Å²) in [6.45, 7) is 4.44. The van der Waals surface area contributed by atoms with E-state index in [-0.39, 0.29) is 12.5 Å². The number of fused-ring (bicyclic) bond motifs is 1. The molecule has 7 heteroatoms. The number of methoxy groups -OCH3 is 1. The first-order chi connectivity index (χ1) is 15.5. The monoisotopic (exact) mass is 443 g/mol. The van der Waals surface area contributed by atoms with Crippen molar-refractivity contribution >= 4 is 11.9 Å². The van der Waals surface area contributed by atoms with Gasteiger partial charge in [-0.05, 0) is 56.2 Å². The average Bonchev–Trinajstić information content (AvgIpc) is 3.53. The summed E-state index contributed by atoms with van der Waals surface area (Å²) in [5.41, 5.74) is -1.15. The van der Waals surface area contributed by atoms with Crippen molar-refractivity contribution in [2.75, 3.05) is 40.0 Å². The summed E-state index contributed by atoms with van der Waals surface area (Å²) in [5.74, 6) is -0.0156. The van der Waals surface area contributed by atoms with E-state index in [0.717, 1.165) is 24.9 Å². The first kappa shape index (κ1) is 21.7. The molecule has 7 nitrogen and oxygen atoms in total. The second kappa shape index (κ2) is 8.03. The number of amides is 1. The van der Waals surface area contributed by atoms with Crippen molar-refractivity contribution in [2.45, 2.75) is 56.7 Å². The Labute approximate surface area is 189 Å². The number of benzene rings is 1. The Bertz CT molecular complexity index is 892. The highest BCUT2D eigenvalue weighted by Crippen LogP contribution is 2.62. The van der Waals surface area contributed by atoms with Crippen LogP contribution in [-0.2, 0) is 29.2 Å². The molecule has 4 fully saturated rings. The van der Waals surface area contributed by atoms with Crippen LogP contribution in [0.4, 0.5) is 0 Å². The number of carbonyl (C=O) groups is 2. The van der Waals surface area contributed by atoms with E-state index in [2.05, 4.69) is 0 Å². The first-order valence-corrected chi connectivity index (χ1v) is 11.9. The molecule has 0 unspecified atom stereocenters. The van der Waals surface area contributed by atoms with Crippen LogP contribution < -0.4 is 4.74 Å². The number of nitrogens with zero attached hydrogens (tertiary/aromatic N) is 1. The van der Waals surface area contributed by atoms with Crippen LogP contribution >= 0.6 is 0 Å². The molecule has 5 rings (SSSR count). The van der Waals surface area contributed by atoms with Gasteiger partial charge in [0.25, 0.3) is 0 Å². The van der Waals surface area contributed by atoms with Crippen molar-refractivity contribution < 1.29 is 28.5 Å². The highest BCUT2D eigenvalue weighted by molar-refractivity contribution is 6.05. The molecule has 2 aliphatic carbocycles. The van der Waals surface area contributed by atoms with Gasteiger partial charge < -0.3 is 23.8 Å². The normalized spacial score (nSPS) is 31.4. The summed E-state index contributed by atoms with van der Waals surface area (Å²) >= 11 is 0. The molecule has 2 atom stereocenters. The smallest absolute Gasteiger partial charge is 0.322 e. The van der Waals surface area contributed by atoms with Gasteiger partial charge in [0.05, 0.1) is 26.9 Å². The van der Waals surface area contributed by atoms with Crippen LogP contribution in [0, 0.1) is 11.3 Å². The highest BCUT2D eigenvalue weighted by atomic mass is 16.7. The standard InChI is InChI=1S/C25H33NO6/c1-3-30-22(28)25-10-9-24(31-13-14-32-24)17-23(25,19-5-4-6-20(15-19)29-2)11-12-26(21(25)27)16-18-7-8-18/h4-6,15,18H,3,7-14,16-17H2,1-2H3/t23-,25-/m0/s1. The minimum atomic E-state index is -1.29. The number of likely N-dealkylation sites (tertiary alicyclic amines) is 1. The lowest BCUT2D eigenvalue weighted by atomic mass is 9.48. The van der Waals surface area contributed by atoms with E-state index >= 15 is 0 Å². The van der Waals surface area contributed by atoms with E-state index in [1.54, 1.807) is 14.0 Å². The third-order valence-electron chi connectivity index (χ3n) is 7.97. The molecule has 0 radical (unpaired) electrons. The molecule has 2 aliphatic heterocycles. The van der Waals surface area contributed by atoms with E-state index < -0.39 is 22.6 Å². The van der Waals surface area contributed by atoms with Gasteiger partial charge in [0.2, 0.25) is 5.91 Å². The number of piperidine rings is 1. The number of hydrogen-bond acceptors (Lipinski definition) is 6. The second-order valence-corrected chi connectivity index (χ2v) is 9.67. The van der Waals surface area contributed by atoms with Crippen LogP contribution in [0.1, 0.15) is 51.0 Å². The summed E-state index contributed by atoms with van der Waals surface area (Å²) in [5, 5.41) is 0. The minimum absolute atomic E-state index is 0.0928. The highest BCUT2D eigenvalue weighted by Gasteiger charge is 2.71. The summed E-state index contributed by atoms with van der Waals surface area (Å²) in [6, 6.07) is 7.79. The molecule has 1 spiro atoms. The molecule has 1 aromatic carbocycles. The number of carbonyl (C=O) groups excluding carboxylic acids is 2. The lowest BCUT2D eigenvalue weighted by molar-refractivity contribution is -0.229. The maximum Gasteiger partial charge on any atom is 0.322 e. The summed E-state index contributed by atoms with van der Waals surface area (Å²) in [4.78, 5) is 29.9. The quantitative estimate of drug-likeness (QED) is 0.497. The third-order valence-corrected chi connectivity index (χ3v) is 7.97. The molecular weight excluding hydrogens is 410 g/mol. The van der Waals surface area contributed by atoms with E-state index in [1.165, 1.54) is 0 Å². The molecule has 0 N–H and O–H groups in total. The van der Waals surface area contributed by atoms with Crippen LogP contribution in [0.15, 0.2) is 24.3 Å². The Kier molecular flexibility index (Phi) is 5.45. The summed E-state index contributed by atoms with van der Waals surface area (Å²) < 4.78 is 23.4. The van der Waals surface area contributed by atoms with Gasteiger partial charge in [-0.25, -0.2) is 0 Å². The molecule has 1 amide bonds. The van der Waals surface area contributed by atoms with Gasteiger partial charge in [0, 0.05) is 31.3 Å². The maximum atomic E-state index is 14.2. The van der Waals surface area contributed by atoms with Crippen molar-refractivity contribution in [1.29, 1.82) is 0 Å². The Hall–Kier alpha value is -2.12. The predicted octanol–water partition coefficient (Wildman–Crippen LogP) is 3.05. The predicted molar refractivity (Wildman–Crippen MR) is 116 cm³/mol. The summed E-state index contributed by atoms with van der Waals surface area (Å²) in [7, 11) is 1.63. The van der Waals surface area contributed by atoms with Gasteiger partial charge in [-0.15, -0.1) is 0 Å². The molecule has 174 valence electrons. The fraction of sp³-hybridized carbons (Fsp3) is 0.680. The fourth-order valence-electron chi connectivity index (χ4n) is 6.21. The van der Waals surface area contributed by atoms with Crippen LogP contribution in [-0.4, -0.2) is 62.6 Å². The largest absolute Gasteiger partial charge is 0.497 e. The van der Waals surface area contributed by atoms with E-state index in [0.29, 0.717) is 57.1 Å². The van der Waals surface area contributed by atoms with Crippen LogP contribution in [0.3, 0.4) is 0 Å². The van der Waals surface area contributed by atoms with Gasteiger partial charge in [-0.1, -0.05) is 12.1 Å². The van der Waals surface area contributed by atoms with Gasteiger partial charge in [0.1, 0.15) is 5.75 Å². The molecule has 2 saturated heterocycles. The van der Waals surface area contributed by atoms with Gasteiger partial charge >= 0.3 is 5.97 Å². The Morgan fingerprint density at radius 3 is 2.66 bits per heavy atom. The SMILES string of the molecule is CCOC(=O)[C@@]12CCC3(C[C@]1(c1cccc(OC)c1)CCN(CC1CC1)C2=O)OCCO3. The summed E-state index contributed by atoms with van der Waals surface area (Å²) in [6.07, 6.45) is 4.27. The zero-order valence-electron chi connectivity index (χ0n) is 19.1. The Morgan fingerprint density at radius 2 is 1.97 bits per heavy atom. The van der Waals surface area contributed by atoms with Gasteiger partial charge in [-0.3, -0.25) is 9.59 Å². The fourth-order valence-corrected chi connectivity index (χ4v) is 6.21. The van der Waals surface area contributed by atoms with Crippen LogP contribution in [0.2, 0.25) is 0 Å². The van der Waals surface area contributed by atoms with Crippen molar-refractivity contribution in [3.63, 3.8) is 0 Å². The Balaban J connectivity index is 1.66. The van der Waals surface area contributed by atoms with Crippen LogP contribution in [0.25, 0.3) is 0 Å². The lowest BCUT2D eigenvalue weighted by Gasteiger charge is -2.59. The maximum absolute atomic E-state index is 14.2. The molecular formula is C25H33NO6. The zero-order valence-corrected chi connectivity index (χ0v) is 19.1. The van der Waals surface area contributed by atoms with Gasteiger partial charge in [-0.2, -0.15) is 0 Å². The van der Waals surface area contributed by atoms with Crippen LogP contribution in [0.5, 0.6) is 5.75 Å². The first-order valence-electron chi connectivity index (χ1n) is 11.9. The topological polar surface area (TPSA) is 74.3 Å². The Morgan fingerprint density at radius 1 is 1.19 bits per heavy atom. The number of esters is 1.